The first-order valence-corrected chi connectivity index (χ1v) is 6.44. The summed E-state index contributed by atoms with van der Waals surface area (Å²) in [6, 6.07) is 11.3. The molecule has 5 heteroatoms. The maximum absolute atomic E-state index is 12.1. The number of hydrogen-bond acceptors (Lipinski definition) is 3. The molecule has 0 saturated heterocycles. The van der Waals surface area contributed by atoms with Gasteiger partial charge in [-0.1, -0.05) is 18.2 Å². The standard InChI is InChI=1S/C15H14N4O/c20-15(17-9-7-12-4-3-8-16-10-12)19-11-18-13-5-1-2-6-14(13)19/h1-6,8,10-11H,7,9H2,(H,17,20). The van der Waals surface area contributed by atoms with Crippen molar-refractivity contribution in [1.29, 1.82) is 0 Å². The highest BCUT2D eigenvalue weighted by Gasteiger charge is 2.08. The van der Waals surface area contributed by atoms with Gasteiger partial charge in [0.05, 0.1) is 11.0 Å². The molecule has 0 aliphatic heterocycles. The van der Waals surface area contributed by atoms with E-state index in [-0.39, 0.29) is 6.03 Å². The molecule has 5 nitrogen and oxygen atoms in total. The van der Waals surface area contributed by atoms with Gasteiger partial charge in [0, 0.05) is 18.9 Å². The Hall–Kier alpha value is -2.69. The lowest BCUT2D eigenvalue weighted by molar-refractivity contribution is 0.243. The number of fused-ring (bicyclic) bond motifs is 1. The fourth-order valence-electron chi connectivity index (χ4n) is 2.07. The lowest BCUT2D eigenvalue weighted by Gasteiger charge is -2.06. The van der Waals surface area contributed by atoms with E-state index in [1.807, 2.05) is 36.4 Å². The third-order valence-electron chi connectivity index (χ3n) is 3.09. The van der Waals surface area contributed by atoms with Crippen LogP contribution in [0.25, 0.3) is 11.0 Å². The molecular formula is C15H14N4O. The van der Waals surface area contributed by atoms with Crippen molar-refractivity contribution in [3.63, 3.8) is 0 Å². The van der Waals surface area contributed by atoms with Crippen molar-refractivity contribution in [3.8, 4) is 0 Å². The van der Waals surface area contributed by atoms with Crippen molar-refractivity contribution in [1.82, 2.24) is 19.9 Å². The van der Waals surface area contributed by atoms with Crippen LogP contribution in [0, 0.1) is 0 Å². The molecule has 3 aromatic rings. The number of imidazole rings is 1. The quantitative estimate of drug-likeness (QED) is 0.790. The Morgan fingerprint density at radius 1 is 1.20 bits per heavy atom. The third-order valence-corrected chi connectivity index (χ3v) is 3.09. The van der Waals surface area contributed by atoms with E-state index in [0.29, 0.717) is 6.54 Å². The number of para-hydroxylation sites is 2. The predicted octanol–water partition coefficient (Wildman–Crippen LogP) is 2.23. The number of carbonyl (C=O) groups excluding carboxylic acids is 1. The molecule has 0 spiro atoms. The number of benzene rings is 1. The van der Waals surface area contributed by atoms with E-state index in [4.69, 9.17) is 0 Å². The topological polar surface area (TPSA) is 59.8 Å². The minimum Gasteiger partial charge on any atom is -0.337 e. The van der Waals surface area contributed by atoms with Gasteiger partial charge in [0.25, 0.3) is 0 Å². The van der Waals surface area contributed by atoms with Gasteiger partial charge in [-0.3, -0.25) is 9.55 Å². The molecule has 0 aliphatic carbocycles. The summed E-state index contributed by atoms with van der Waals surface area (Å²) in [5.41, 5.74) is 2.73. The fourth-order valence-corrected chi connectivity index (χ4v) is 2.07. The van der Waals surface area contributed by atoms with E-state index < -0.39 is 0 Å². The molecule has 0 atom stereocenters. The van der Waals surface area contributed by atoms with Crippen LogP contribution in [0.5, 0.6) is 0 Å². The first-order valence-electron chi connectivity index (χ1n) is 6.44. The molecule has 2 aromatic heterocycles. The normalized spacial score (nSPS) is 10.6. The summed E-state index contributed by atoms with van der Waals surface area (Å²) in [6.07, 6.45) is 5.84. The molecule has 1 aromatic carbocycles. The Morgan fingerprint density at radius 2 is 2.10 bits per heavy atom. The van der Waals surface area contributed by atoms with Crippen molar-refractivity contribution >= 4 is 17.1 Å². The van der Waals surface area contributed by atoms with Crippen molar-refractivity contribution in [2.24, 2.45) is 0 Å². The van der Waals surface area contributed by atoms with E-state index in [1.165, 1.54) is 4.57 Å². The molecular weight excluding hydrogens is 252 g/mol. The lowest BCUT2D eigenvalue weighted by Crippen LogP contribution is -2.29. The van der Waals surface area contributed by atoms with E-state index in [2.05, 4.69) is 15.3 Å². The monoisotopic (exact) mass is 266 g/mol. The highest BCUT2D eigenvalue weighted by atomic mass is 16.2. The van der Waals surface area contributed by atoms with Gasteiger partial charge in [0.2, 0.25) is 0 Å². The molecule has 1 N–H and O–H groups in total. The summed E-state index contributed by atoms with van der Waals surface area (Å²) in [7, 11) is 0. The smallest absolute Gasteiger partial charge is 0.327 e. The predicted molar refractivity (Wildman–Crippen MR) is 76.5 cm³/mol. The molecule has 100 valence electrons. The summed E-state index contributed by atoms with van der Waals surface area (Å²) in [6.45, 7) is 0.567. The minimum atomic E-state index is -0.164. The first-order chi connectivity index (χ1) is 9.84. The minimum absolute atomic E-state index is 0.164. The van der Waals surface area contributed by atoms with Crippen LogP contribution in [0.15, 0.2) is 55.1 Å². The van der Waals surface area contributed by atoms with Gasteiger partial charge >= 0.3 is 6.03 Å². The van der Waals surface area contributed by atoms with Crippen molar-refractivity contribution in [3.05, 3.63) is 60.7 Å². The van der Waals surface area contributed by atoms with E-state index in [0.717, 1.165) is 23.0 Å². The average molecular weight is 266 g/mol. The highest BCUT2D eigenvalue weighted by Crippen LogP contribution is 2.11. The van der Waals surface area contributed by atoms with Gasteiger partial charge in [-0.2, -0.15) is 0 Å². The van der Waals surface area contributed by atoms with Crippen molar-refractivity contribution in [2.45, 2.75) is 6.42 Å². The first kappa shape index (κ1) is 12.3. The molecule has 0 saturated carbocycles. The molecule has 2 heterocycles. The molecule has 1 amide bonds. The number of nitrogens with zero attached hydrogens (tertiary/aromatic N) is 3. The van der Waals surface area contributed by atoms with E-state index in [1.54, 1.807) is 18.7 Å². The van der Waals surface area contributed by atoms with Crippen LogP contribution in [0.1, 0.15) is 5.56 Å². The number of rotatable bonds is 3. The summed E-state index contributed by atoms with van der Waals surface area (Å²) in [5, 5.41) is 2.88. The van der Waals surface area contributed by atoms with Crippen LogP contribution >= 0.6 is 0 Å². The summed E-state index contributed by atoms with van der Waals surface area (Å²) < 4.78 is 1.53. The van der Waals surface area contributed by atoms with Crippen LogP contribution in [0.4, 0.5) is 4.79 Å². The van der Waals surface area contributed by atoms with Gasteiger partial charge in [-0.15, -0.1) is 0 Å². The second kappa shape index (κ2) is 5.52. The summed E-state index contributed by atoms with van der Waals surface area (Å²) >= 11 is 0. The molecule has 0 radical (unpaired) electrons. The highest BCUT2D eigenvalue weighted by molar-refractivity contribution is 5.88. The Morgan fingerprint density at radius 3 is 2.95 bits per heavy atom. The SMILES string of the molecule is O=C(NCCc1cccnc1)n1cnc2ccccc21. The van der Waals surface area contributed by atoms with Crippen LogP contribution < -0.4 is 5.32 Å². The number of nitrogens with one attached hydrogen (secondary N) is 1. The van der Waals surface area contributed by atoms with Gasteiger partial charge in [0.15, 0.2) is 0 Å². The molecule has 20 heavy (non-hydrogen) atoms. The number of amides is 1. The zero-order valence-corrected chi connectivity index (χ0v) is 10.9. The van der Waals surface area contributed by atoms with Crippen LogP contribution in [-0.2, 0) is 6.42 Å². The maximum Gasteiger partial charge on any atom is 0.327 e. The van der Waals surface area contributed by atoms with Crippen LogP contribution in [0.3, 0.4) is 0 Å². The van der Waals surface area contributed by atoms with Crippen molar-refractivity contribution < 1.29 is 4.79 Å². The number of hydrogen-bond donors (Lipinski definition) is 1. The second-order valence-electron chi connectivity index (χ2n) is 4.45. The van der Waals surface area contributed by atoms with Crippen molar-refractivity contribution in [2.75, 3.05) is 6.54 Å². The molecule has 0 aliphatic rings. The van der Waals surface area contributed by atoms with Crippen LogP contribution in [0.2, 0.25) is 0 Å². The average Bonchev–Trinajstić information content (AvgIpc) is 2.92. The van der Waals surface area contributed by atoms with Gasteiger partial charge in [0.1, 0.15) is 6.33 Å². The number of carbonyl (C=O) groups is 1. The van der Waals surface area contributed by atoms with Gasteiger partial charge < -0.3 is 5.32 Å². The maximum atomic E-state index is 12.1. The lowest BCUT2D eigenvalue weighted by atomic mass is 10.2. The summed E-state index contributed by atoms with van der Waals surface area (Å²) in [5.74, 6) is 0. The Balaban J connectivity index is 1.65. The molecule has 0 bridgehead atoms. The largest absolute Gasteiger partial charge is 0.337 e. The number of pyridine rings is 1. The Kier molecular flexibility index (Phi) is 3.41. The van der Waals surface area contributed by atoms with E-state index in [9.17, 15) is 4.79 Å². The van der Waals surface area contributed by atoms with Gasteiger partial charge in [-0.25, -0.2) is 9.78 Å². The molecule has 0 unspecified atom stereocenters. The van der Waals surface area contributed by atoms with E-state index >= 15 is 0 Å². The van der Waals surface area contributed by atoms with Crippen LogP contribution in [-0.4, -0.2) is 27.1 Å². The zero-order valence-electron chi connectivity index (χ0n) is 10.9. The Labute approximate surface area is 116 Å². The second-order valence-corrected chi connectivity index (χ2v) is 4.45. The molecule has 3 rings (SSSR count). The van der Waals surface area contributed by atoms with Gasteiger partial charge in [-0.05, 0) is 30.2 Å². The fraction of sp³-hybridized carbons (Fsp3) is 0.133. The zero-order chi connectivity index (χ0) is 13.8. The summed E-state index contributed by atoms with van der Waals surface area (Å²) in [4.78, 5) is 20.3. The third kappa shape index (κ3) is 2.51. The Bertz CT molecular complexity index is 721. The number of aromatic nitrogens is 3. The molecule has 0 fully saturated rings.